The molecule has 28 heavy (non-hydrogen) atoms. The SMILES string of the molecule is Cc1c(OC(=O)C(C)(C)C)ccc2c1O/C(=C\c1ccc([N+](=O)[O-])cc1)C2=O. The second-order valence-corrected chi connectivity index (χ2v) is 7.49. The Morgan fingerprint density at radius 2 is 1.79 bits per heavy atom. The Morgan fingerprint density at radius 3 is 2.36 bits per heavy atom. The van der Waals surface area contributed by atoms with Crippen molar-refractivity contribution < 1.29 is 24.0 Å². The standard InChI is InChI=1S/C21H19NO6/c1-12-16(28-20(24)21(2,3)4)10-9-15-18(23)17(27-19(12)15)11-13-5-7-14(8-6-13)22(25)26/h5-11H,1-4H3/b17-11-. The Hall–Kier alpha value is -3.48. The quantitative estimate of drug-likeness (QED) is 0.256. The number of ether oxygens (including phenoxy) is 2. The fraction of sp³-hybridized carbons (Fsp3) is 0.238. The lowest BCUT2D eigenvalue weighted by Gasteiger charge is -2.17. The number of hydrogen-bond donors (Lipinski definition) is 0. The van der Waals surface area contributed by atoms with Gasteiger partial charge in [0.1, 0.15) is 11.5 Å². The van der Waals surface area contributed by atoms with Gasteiger partial charge in [-0.1, -0.05) is 0 Å². The molecule has 0 fully saturated rings. The predicted octanol–water partition coefficient (Wildman–Crippen LogP) is 4.47. The van der Waals surface area contributed by atoms with Crippen LogP contribution in [0.4, 0.5) is 5.69 Å². The first kappa shape index (κ1) is 19.3. The molecule has 7 nitrogen and oxygen atoms in total. The van der Waals surface area contributed by atoms with E-state index in [4.69, 9.17) is 9.47 Å². The lowest BCUT2D eigenvalue weighted by molar-refractivity contribution is -0.384. The van der Waals surface area contributed by atoms with Crippen molar-refractivity contribution in [2.24, 2.45) is 5.41 Å². The molecule has 7 heteroatoms. The lowest BCUT2D eigenvalue weighted by Crippen LogP contribution is -2.25. The summed E-state index contributed by atoms with van der Waals surface area (Å²) in [6.45, 7) is 6.97. The molecule has 0 saturated heterocycles. The predicted molar refractivity (Wildman–Crippen MR) is 102 cm³/mol. The van der Waals surface area contributed by atoms with Gasteiger partial charge in [0, 0.05) is 17.7 Å². The van der Waals surface area contributed by atoms with E-state index in [1.54, 1.807) is 39.8 Å². The van der Waals surface area contributed by atoms with Gasteiger partial charge in [-0.15, -0.1) is 0 Å². The van der Waals surface area contributed by atoms with Crippen molar-refractivity contribution in [2.45, 2.75) is 27.7 Å². The van der Waals surface area contributed by atoms with Crippen molar-refractivity contribution >= 4 is 23.5 Å². The van der Waals surface area contributed by atoms with Gasteiger partial charge in [-0.25, -0.2) is 0 Å². The Morgan fingerprint density at radius 1 is 1.14 bits per heavy atom. The number of benzene rings is 2. The van der Waals surface area contributed by atoms with Gasteiger partial charge in [0.15, 0.2) is 5.76 Å². The highest BCUT2D eigenvalue weighted by molar-refractivity contribution is 6.15. The number of non-ortho nitro benzene ring substituents is 1. The lowest BCUT2D eigenvalue weighted by atomic mass is 9.97. The zero-order valence-corrected chi connectivity index (χ0v) is 15.9. The summed E-state index contributed by atoms with van der Waals surface area (Å²) >= 11 is 0. The summed E-state index contributed by atoms with van der Waals surface area (Å²) in [5.74, 6) is 0.0957. The molecule has 0 bridgehead atoms. The fourth-order valence-electron chi connectivity index (χ4n) is 2.58. The largest absolute Gasteiger partial charge is 0.452 e. The van der Waals surface area contributed by atoms with Crippen molar-refractivity contribution in [1.82, 2.24) is 0 Å². The van der Waals surface area contributed by atoms with E-state index >= 15 is 0 Å². The highest BCUT2D eigenvalue weighted by atomic mass is 16.6. The zero-order chi connectivity index (χ0) is 20.6. The number of hydrogen-bond acceptors (Lipinski definition) is 6. The number of allylic oxidation sites excluding steroid dienone is 1. The van der Waals surface area contributed by atoms with Gasteiger partial charge in [0.2, 0.25) is 5.78 Å². The summed E-state index contributed by atoms with van der Waals surface area (Å²) in [5, 5.41) is 10.7. The van der Waals surface area contributed by atoms with Gasteiger partial charge in [0.05, 0.1) is 15.9 Å². The van der Waals surface area contributed by atoms with Crippen molar-refractivity contribution in [2.75, 3.05) is 0 Å². The summed E-state index contributed by atoms with van der Waals surface area (Å²) in [5.41, 5.74) is 0.823. The molecule has 3 rings (SSSR count). The van der Waals surface area contributed by atoms with E-state index in [1.165, 1.54) is 30.3 Å². The summed E-state index contributed by atoms with van der Waals surface area (Å²) < 4.78 is 11.2. The fourth-order valence-corrected chi connectivity index (χ4v) is 2.58. The van der Waals surface area contributed by atoms with Gasteiger partial charge in [0.25, 0.3) is 5.69 Å². The highest BCUT2D eigenvalue weighted by Gasteiger charge is 2.31. The van der Waals surface area contributed by atoms with E-state index in [0.29, 0.717) is 28.2 Å². The molecule has 0 atom stereocenters. The van der Waals surface area contributed by atoms with E-state index in [-0.39, 0.29) is 23.2 Å². The van der Waals surface area contributed by atoms with Crippen LogP contribution in [-0.2, 0) is 4.79 Å². The number of nitro benzene ring substituents is 1. The number of Topliss-reactive ketones (excluding diaryl/α,β-unsaturated/α-hetero) is 1. The average molecular weight is 381 g/mol. The molecule has 0 radical (unpaired) electrons. The molecule has 0 spiro atoms. The van der Waals surface area contributed by atoms with Crippen LogP contribution in [0.1, 0.15) is 42.3 Å². The number of nitro groups is 1. The molecule has 0 aromatic heterocycles. The van der Waals surface area contributed by atoms with E-state index in [0.717, 1.165) is 0 Å². The van der Waals surface area contributed by atoms with Crippen LogP contribution < -0.4 is 9.47 Å². The van der Waals surface area contributed by atoms with Gasteiger partial charge >= 0.3 is 5.97 Å². The number of ketones is 1. The van der Waals surface area contributed by atoms with Crippen LogP contribution in [0.25, 0.3) is 6.08 Å². The number of carbonyl (C=O) groups is 2. The number of esters is 1. The normalized spacial score (nSPS) is 14.6. The average Bonchev–Trinajstić information content (AvgIpc) is 2.94. The van der Waals surface area contributed by atoms with Crippen LogP contribution in [0.3, 0.4) is 0 Å². The third-order valence-electron chi connectivity index (χ3n) is 4.25. The van der Waals surface area contributed by atoms with Crippen LogP contribution in [-0.4, -0.2) is 16.7 Å². The molecule has 1 heterocycles. The maximum atomic E-state index is 12.6. The molecular formula is C21H19NO6. The van der Waals surface area contributed by atoms with Crippen molar-refractivity contribution in [3.8, 4) is 11.5 Å². The maximum Gasteiger partial charge on any atom is 0.316 e. The molecule has 0 unspecified atom stereocenters. The monoisotopic (exact) mass is 381 g/mol. The Balaban J connectivity index is 1.89. The molecule has 2 aromatic carbocycles. The molecular weight excluding hydrogens is 362 g/mol. The van der Waals surface area contributed by atoms with Crippen LogP contribution in [0, 0.1) is 22.5 Å². The minimum Gasteiger partial charge on any atom is -0.452 e. The van der Waals surface area contributed by atoms with Crippen molar-refractivity contribution in [1.29, 1.82) is 0 Å². The smallest absolute Gasteiger partial charge is 0.316 e. The summed E-state index contributed by atoms with van der Waals surface area (Å²) in [6.07, 6.45) is 1.52. The minimum atomic E-state index is -0.664. The summed E-state index contributed by atoms with van der Waals surface area (Å²) in [6, 6.07) is 8.92. The number of nitrogens with zero attached hydrogens (tertiary/aromatic N) is 1. The summed E-state index contributed by atoms with van der Waals surface area (Å²) in [7, 11) is 0. The minimum absolute atomic E-state index is 0.0368. The van der Waals surface area contributed by atoms with E-state index < -0.39 is 10.3 Å². The molecule has 0 saturated carbocycles. The molecule has 1 aliphatic heterocycles. The summed E-state index contributed by atoms with van der Waals surface area (Å²) in [4.78, 5) is 35.0. The zero-order valence-electron chi connectivity index (χ0n) is 15.9. The number of carbonyl (C=O) groups excluding carboxylic acids is 2. The van der Waals surface area contributed by atoms with Gasteiger partial charge in [-0.05, 0) is 63.6 Å². The van der Waals surface area contributed by atoms with Gasteiger partial charge < -0.3 is 9.47 Å². The second-order valence-electron chi connectivity index (χ2n) is 7.49. The highest BCUT2D eigenvalue weighted by Crippen LogP contribution is 2.39. The van der Waals surface area contributed by atoms with Gasteiger partial charge in [-0.3, -0.25) is 19.7 Å². The van der Waals surface area contributed by atoms with Crippen LogP contribution in [0.15, 0.2) is 42.2 Å². The first-order valence-electron chi connectivity index (χ1n) is 8.62. The van der Waals surface area contributed by atoms with Crippen LogP contribution in [0.2, 0.25) is 0 Å². The Bertz CT molecular complexity index is 1010. The molecule has 2 aromatic rings. The molecule has 0 N–H and O–H groups in total. The topological polar surface area (TPSA) is 95.7 Å². The second kappa shape index (κ2) is 6.92. The maximum absolute atomic E-state index is 12.6. The first-order chi connectivity index (χ1) is 13.1. The molecule has 144 valence electrons. The van der Waals surface area contributed by atoms with Crippen molar-refractivity contribution in [3.63, 3.8) is 0 Å². The van der Waals surface area contributed by atoms with E-state index in [9.17, 15) is 19.7 Å². The molecule has 0 aliphatic carbocycles. The van der Waals surface area contributed by atoms with Crippen molar-refractivity contribution in [3.05, 3.63) is 69.0 Å². The van der Waals surface area contributed by atoms with E-state index in [1.807, 2.05) is 0 Å². The first-order valence-corrected chi connectivity index (χ1v) is 8.62. The number of rotatable bonds is 3. The third-order valence-corrected chi connectivity index (χ3v) is 4.25. The molecule has 1 aliphatic rings. The van der Waals surface area contributed by atoms with Crippen LogP contribution >= 0.6 is 0 Å². The Labute approximate surface area is 161 Å². The van der Waals surface area contributed by atoms with E-state index in [2.05, 4.69) is 0 Å². The van der Waals surface area contributed by atoms with Gasteiger partial charge in [-0.2, -0.15) is 0 Å². The number of fused-ring (bicyclic) bond motifs is 1. The molecule has 0 amide bonds. The van der Waals surface area contributed by atoms with Crippen LogP contribution in [0.5, 0.6) is 11.5 Å². The Kier molecular flexibility index (Phi) is 4.77. The third kappa shape index (κ3) is 3.64.